The van der Waals surface area contributed by atoms with Gasteiger partial charge in [0.2, 0.25) is 0 Å². The van der Waals surface area contributed by atoms with Crippen molar-refractivity contribution in [2.24, 2.45) is 0 Å². The van der Waals surface area contributed by atoms with E-state index in [9.17, 15) is 8.42 Å². The maximum absolute atomic E-state index is 11.9. The van der Waals surface area contributed by atoms with Crippen molar-refractivity contribution in [1.29, 1.82) is 0 Å². The van der Waals surface area contributed by atoms with Crippen molar-refractivity contribution in [3.8, 4) is 0 Å². The lowest BCUT2D eigenvalue weighted by atomic mass is 10.1. The summed E-state index contributed by atoms with van der Waals surface area (Å²) in [6.45, 7) is 1.98. The highest BCUT2D eigenvalue weighted by molar-refractivity contribution is 7.92. The van der Waals surface area contributed by atoms with E-state index in [-0.39, 0.29) is 5.03 Å². The molecule has 90 valence electrons. The van der Waals surface area contributed by atoms with Crippen molar-refractivity contribution in [3.05, 3.63) is 42.1 Å². The molecule has 0 aliphatic carbocycles. The molecule has 1 aromatic heterocycles. The molecule has 0 aliphatic rings. The number of aromatic amines is 1. The van der Waals surface area contributed by atoms with Crippen LogP contribution in [-0.4, -0.2) is 18.6 Å². The molecular formula is C11H13N3O2S. The second-order valence-electron chi connectivity index (χ2n) is 3.54. The Bertz CT molecular complexity index is 591. The van der Waals surface area contributed by atoms with Crippen LogP contribution >= 0.6 is 0 Å². The lowest BCUT2D eigenvalue weighted by Crippen LogP contribution is -2.14. The zero-order valence-corrected chi connectivity index (χ0v) is 10.2. The highest BCUT2D eigenvalue weighted by atomic mass is 32.2. The Morgan fingerprint density at radius 1 is 1.29 bits per heavy atom. The minimum atomic E-state index is -3.57. The summed E-state index contributed by atoms with van der Waals surface area (Å²) in [5.41, 5.74) is 1.56. The largest absolute Gasteiger partial charge is 0.278 e. The number of para-hydroxylation sites is 1. The van der Waals surface area contributed by atoms with Gasteiger partial charge in [0.15, 0.2) is 5.03 Å². The number of sulfonamides is 1. The fraction of sp³-hybridized carbons (Fsp3) is 0.182. The average Bonchev–Trinajstić information content (AvgIpc) is 2.83. The SMILES string of the molecule is CCc1ccccc1NS(=O)(=O)c1ccn[nH]1. The molecule has 0 aliphatic heterocycles. The number of nitrogens with zero attached hydrogens (tertiary/aromatic N) is 1. The molecule has 6 heteroatoms. The first kappa shape index (κ1) is 11.7. The molecule has 0 saturated carbocycles. The van der Waals surface area contributed by atoms with E-state index in [0.717, 1.165) is 12.0 Å². The molecule has 1 heterocycles. The molecule has 0 radical (unpaired) electrons. The monoisotopic (exact) mass is 251 g/mol. The van der Waals surface area contributed by atoms with Gasteiger partial charge in [-0.3, -0.25) is 9.82 Å². The molecule has 0 bridgehead atoms. The van der Waals surface area contributed by atoms with Gasteiger partial charge in [0, 0.05) is 0 Å². The van der Waals surface area contributed by atoms with E-state index in [1.54, 1.807) is 12.1 Å². The fourth-order valence-electron chi connectivity index (χ4n) is 1.52. The van der Waals surface area contributed by atoms with Crippen molar-refractivity contribution in [2.75, 3.05) is 4.72 Å². The minimum absolute atomic E-state index is 0.0587. The van der Waals surface area contributed by atoms with Crippen molar-refractivity contribution in [2.45, 2.75) is 18.4 Å². The quantitative estimate of drug-likeness (QED) is 0.869. The van der Waals surface area contributed by atoms with Crippen molar-refractivity contribution in [3.63, 3.8) is 0 Å². The predicted octanol–water partition coefficient (Wildman–Crippen LogP) is 1.77. The minimum Gasteiger partial charge on any atom is -0.278 e. The van der Waals surface area contributed by atoms with Gasteiger partial charge in [0.25, 0.3) is 10.0 Å². The van der Waals surface area contributed by atoms with Crippen LogP contribution in [0, 0.1) is 0 Å². The van der Waals surface area contributed by atoms with Gasteiger partial charge in [-0.2, -0.15) is 13.5 Å². The van der Waals surface area contributed by atoms with E-state index in [1.807, 2.05) is 19.1 Å². The number of rotatable bonds is 4. The Kier molecular flexibility index (Phi) is 3.14. The van der Waals surface area contributed by atoms with Gasteiger partial charge in [-0.1, -0.05) is 25.1 Å². The summed E-state index contributed by atoms with van der Waals surface area (Å²) in [7, 11) is -3.57. The van der Waals surface area contributed by atoms with Crippen LogP contribution < -0.4 is 4.72 Å². The van der Waals surface area contributed by atoms with Gasteiger partial charge in [-0.05, 0) is 24.1 Å². The molecule has 0 unspecified atom stereocenters. The van der Waals surface area contributed by atoms with Crippen LogP contribution in [0.15, 0.2) is 41.6 Å². The van der Waals surface area contributed by atoms with Crippen LogP contribution in [0.4, 0.5) is 5.69 Å². The number of hydrogen-bond acceptors (Lipinski definition) is 3. The van der Waals surface area contributed by atoms with E-state index >= 15 is 0 Å². The molecular weight excluding hydrogens is 238 g/mol. The van der Waals surface area contributed by atoms with Gasteiger partial charge in [-0.15, -0.1) is 0 Å². The van der Waals surface area contributed by atoms with Gasteiger partial charge >= 0.3 is 0 Å². The number of benzene rings is 1. The molecule has 2 rings (SSSR count). The first-order valence-corrected chi connectivity index (χ1v) is 6.72. The lowest BCUT2D eigenvalue weighted by Gasteiger charge is -2.09. The first-order chi connectivity index (χ1) is 8.13. The molecule has 0 fully saturated rings. The third-order valence-electron chi connectivity index (χ3n) is 2.41. The number of anilines is 1. The molecule has 5 nitrogen and oxygen atoms in total. The van der Waals surface area contributed by atoms with E-state index < -0.39 is 10.0 Å². The Balaban J connectivity index is 2.33. The number of hydrogen-bond donors (Lipinski definition) is 2. The molecule has 0 amide bonds. The number of aryl methyl sites for hydroxylation is 1. The topological polar surface area (TPSA) is 74.8 Å². The third-order valence-corrected chi connectivity index (χ3v) is 3.70. The Labute approximate surface area is 99.9 Å². The molecule has 0 atom stereocenters. The van der Waals surface area contributed by atoms with Crippen LogP contribution in [0.25, 0.3) is 0 Å². The van der Waals surface area contributed by atoms with E-state index in [1.165, 1.54) is 12.3 Å². The number of H-pyrrole nitrogens is 1. The number of nitrogens with one attached hydrogen (secondary N) is 2. The zero-order valence-electron chi connectivity index (χ0n) is 9.34. The zero-order chi connectivity index (χ0) is 12.3. The van der Waals surface area contributed by atoms with E-state index in [2.05, 4.69) is 14.9 Å². The van der Waals surface area contributed by atoms with Gasteiger partial charge in [-0.25, -0.2) is 0 Å². The van der Waals surface area contributed by atoms with Crippen LogP contribution in [0.3, 0.4) is 0 Å². The van der Waals surface area contributed by atoms with E-state index in [0.29, 0.717) is 5.69 Å². The van der Waals surface area contributed by atoms with E-state index in [4.69, 9.17) is 0 Å². The summed E-state index contributed by atoms with van der Waals surface area (Å²) < 4.78 is 26.4. The molecule has 2 aromatic rings. The van der Waals surface area contributed by atoms with Crippen molar-refractivity contribution < 1.29 is 8.42 Å². The molecule has 17 heavy (non-hydrogen) atoms. The Morgan fingerprint density at radius 3 is 2.71 bits per heavy atom. The Hall–Kier alpha value is -1.82. The van der Waals surface area contributed by atoms with Crippen LogP contribution in [-0.2, 0) is 16.4 Å². The lowest BCUT2D eigenvalue weighted by molar-refractivity contribution is 0.597. The molecule has 0 saturated heterocycles. The summed E-state index contributed by atoms with van der Waals surface area (Å²) >= 11 is 0. The second kappa shape index (κ2) is 4.58. The predicted molar refractivity (Wildman–Crippen MR) is 65.2 cm³/mol. The van der Waals surface area contributed by atoms with Crippen molar-refractivity contribution in [1.82, 2.24) is 10.2 Å². The van der Waals surface area contributed by atoms with Crippen LogP contribution in [0.2, 0.25) is 0 Å². The molecule has 1 aromatic carbocycles. The van der Waals surface area contributed by atoms with Gasteiger partial charge in [0.05, 0.1) is 11.9 Å². The normalized spacial score (nSPS) is 11.4. The summed E-state index contributed by atoms with van der Waals surface area (Å²) in [5, 5.41) is 6.12. The summed E-state index contributed by atoms with van der Waals surface area (Å²) in [5.74, 6) is 0. The summed E-state index contributed by atoms with van der Waals surface area (Å²) in [4.78, 5) is 0. The smallest absolute Gasteiger partial charge is 0.278 e. The summed E-state index contributed by atoms with van der Waals surface area (Å²) in [6, 6.07) is 8.73. The number of aromatic nitrogens is 2. The standard InChI is InChI=1S/C11H13N3O2S/c1-2-9-5-3-4-6-10(9)14-17(15,16)11-7-8-12-13-11/h3-8,14H,2H2,1H3,(H,12,13). The molecule has 0 spiro atoms. The Morgan fingerprint density at radius 2 is 2.06 bits per heavy atom. The maximum Gasteiger partial charge on any atom is 0.278 e. The molecule has 2 N–H and O–H groups in total. The second-order valence-corrected chi connectivity index (χ2v) is 5.19. The highest BCUT2D eigenvalue weighted by Crippen LogP contribution is 2.19. The van der Waals surface area contributed by atoms with Crippen LogP contribution in [0.1, 0.15) is 12.5 Å². The van der Waals surface area contributed by atoms with Crippen molar-refractivity contribution >= 4 is 15.7 Å². The van der Waals surface area contributed by atoms with Gasteiger partial charge < -0.3 is 0 Å². The van der Waals surface area contributed by atoms with Gasteiger partial charge in [0.1, 0.15) is 0 Å². The summed E-state index contributed by atoms with van der Waals surface area (Å²) in [6.07, 6.45) is 2.17. The fourth-order valence-corrected chi connectivity index (χ4v) is 2.53. The first-order valence-electron chi connectivity index (χ1n) is 5.23. The average molecular weight is 251 g/mol. The highest BCUT2D eigenvalue weighted by Gasteiger charge is 2.16. The third kappa shape index (κ3) is 2.47. The van der Waals surface area contributed by atoms with Crippen LogP contribution in [0.5, 0.6) is 0 Å². The maximum atomic E-state index is 11.9.